The molecule has 2 heteroatoms. The van der Waals surface area contributed by atoms with Crippen LogP contribution in [0, 0.1) is 18.8 Å². The molecular formula is C11H11BrO. The van der Waals surface area contributed by atoms with Gasteiger partial charge >= 0.3 is 0 Å². The van der Waals surface area contributed by atoms with E-state index in [1.807, 2.05) is 25.1 Å². The van der Waals surface area contributed by atoms with Gasteiger partial charge in [0.2, 0.25) is 0 Å². The molecule has 0 unspecified atom stereocenters. The molecule has 1 aromatic carbocycles. The lowest BCUT2D eigenvalue weighted by Gasteiger charge is -2.02. The molecule has 1 rings (SSSR count). The quantitative estimate of drug-likeness (QED) is 0.540. The Bertz CT molecular complexity index is 347. The van der Waals surface area contributed by atoms with Gasteiger partial charge in [0, 0.05) is 5.56 Å². The number of rotatable bonds is 1. The van der Waals surface area contributed by atoms with E-state index in [2.05, 4.69) is 27.8 Å². The lowest BCUT2D eigenvalue weighted by atomic mass is 10.1. The molecule has 68 valence electrons. The first-order valence-corrected chi connectivity index (χ1v) is 5.09. The van der Waals surface area contributed by atoms with Gasteiger partial charge < -0.3 is 4.74 Å². The van der Waals surface area contributed by atoms with Crippen LogP contribution in [0.5, 0.6) is 5.75 Å². The molecule has 0 aliphatic heterocycles. The summed E-state index contributed by atoms with van der Waals surface area (Å²) < 4.78 is 5.10. The molecule has 0 heterocycles. The van der Waals surface area contributed by atoms with E-state index in [9.17, 15) is 0 Å². The van der Waals surface area contributed by atoms with Gasteiger partial charge in [-0.15, -0.1) is 0 Å². The monoisotopic (exact) mass is 238 g/mol. The van der Waals surface area contributed by atoms with Gasteiger partial charge in [0.05, 0.1) is 12.4 Å². The van der Waals surface area contributed by atoms with Crippen LogP contribution in [0.3, 0.4) is 0 Å². The number of methoxy groups -OCH3 is 1. The first kappa shape index (κ1) is 10.1. The van der Waals surface area contributed by atoms with E-state index in [0.29, 0.717) is 5.33 Å². The number of aryl methyl sites for hydroxylation is 1. The summed E-state index contributed by atoms with van der Waals surface area (Å²) >= 11 is 3.26. The molecule has 0 bridgehead atoms. The fourth-order valence-corrected chi connectivity index (χ4v) is 1.17. The molecule has 13 heavy (non-hydrogen) atoms. The second-order valence-electron chi connectivity index (χ2n) is 2.62. The molecule has 0 saturated carbocycles. The van der Waals surface area contributed by atoms with E-state index in [-0.39, 0.29) is 0 Å². The first-order chi connectivity index (χ1) is 6.27. The number of benzene rings is 1. The van der Waals surface area contributed by atoms with Gasteiger partial charge in [-0.2, -0.15) is 0 Å². The lowest BCUT2D eigenvalue weighted by molar-refractivity contribution is 0.414. The third kappa shape index (κ3) is 2.78. The molecule has 0 saturated heterocycles. The Balaban J connectivity index is 2.98. The van der Waals surface area contributed by atoms with Crippen molar-refractivity contribution in [3.05, 3.63) is 29.3 Å². The largest absolute Gasteiger partial charge is 0.497 e. The molecule has 0 amide bonds. The highest BCUT2D eigenvalue weighted by atomic mass is 79.9. The van der Waals surface area contributed by atoms with Gasteiger partial charge in [0.15, 0.2) is 0 Å². The summed E-state index contributed by atoms with van der Waals surface area (Å²) in [5, 5.41) is 0.707. The zero-order chi connectivity index (χ0) is 9.68. The molecule has 1 nitrogen and oxygen atoms in total. The highest BCUT2D eigenvalue weighted by Crippen LogP contribution is 2.15. The smallest absolute Gasteiger partial charge is 0.119 e. The molecule has 0 fully saturated rings. The van der Waals surface area contributed by atoms with Crippen molar-refractivity contribution in [1.29, 1.82) is 0 Å². The predicted octanol–water partition coefficient (Wildman–Crippen LogP) is 2.75. The second kappa shape index (κ2) is 4.94. The van der Waals surface area contributed by atoms with Crippen LogP contribution in [0.2, 0.25) is 0 Å². The normalized spacial score (nSPS) is 8.85. The molecule has 0 atom stereocenters. The van der Waals surface area contributed by atoms with Crippen LogP contribution in [0.15, 0.2) is 18.2 Å². The number of halogens is 1. The summed E-state index contributed by atoms with van der Waals surface area (Å²) in [4.78, 5) is 0. The summed E-state index contributed by atoms with van der Waals surface area (Å²) in [6.07, 6.45) is 0. The van der Waals surface area contributed by atoms with Crippen LogP contribution in [-0.4, -0.2) is 12.4 Å². The van der Waals surface area contributed by atoms with E-state index in [1.165, 1.54) is 0 Å². The van der Waals surface area contributed by atoms with Gasteiger partial charge in [-0.3, -0.25) is 0 Å². The summed E-state index contributed by atoms with van der Waals surface area (Å²) in [6.45, 7) is 2.03. The molecular weight excluding hydrogens is 228 g/mol. The fraction of sp³-hybridized carbons (Fsp3) is 0.273. The summed E-state index contributed by atoms with van der Waals surface area (Å²) in [6, 6.07) is 5.88. The summed E-state index contributed by atoms with van der Waals surface area (Å²) in [5.41, 5.74) is 2.20. The van der Waals surface area contributed by atoms with Crippen molar-refractivity contribution in [2.24, 2.45) is 0 Å². The van der Waals surface area contributed by atoms with Gasteiger partial charge in [0.25, 0.3) is 0 Å². The van der Waals surface area contributed by atoms with Crippen LogP contribution >= 0.6 is 15.9 Å². The summed E-state index contributed by atoms with van der Waals surface area (Å²) in [7, 11) is 1.67. The zero-order valence-electron chi connectivity index (χ0n) is 7.73. The minimum absolute atomic E-state index is 0.707. The van der Waals surface area contributed by atoms with Gasteiger partial charge in [-0.1, -0.05) is 27.8 Å². The van der Waals surface area contributed by atoms with Crippen molar-refractivity contribution in [2.75, 3.05) is 12.4 Å². The third-order valence-corrected chi connectivity index (χ3v) is 2.00. The van der Waals surface area contributed by atoms with Crippen LogP contribution in [0.1, 0.15) is 11.1 Å². The molecule has 0 N–H and O–H groups in total. The Labute approximate surface area is 87.2 Å². The number of ether oxygens (including phenoxy) is 1. The van der Waals surface area contributed by atoms with E-state index in [4.69, 9.17) is 4.74 Å². The lowest BCUT2D eigenvalue weighted by Crippen LogP contribution is -1.86. The van der Waals surface area contributed by atoms with Crippen LogP contribution in [-0.2, 0) is 0 Å². The van der Waals surface area contributed by atoms with E-state index in [0.717, 1.165) is 16.9 Å². The van der Waals surface area contributed by atoms with Crippen LogP contribution in [0.4, 0.5) is 0 Å². The maximum atomic E-state index is 5.10. The van der Waals surface area contributed by atoms with E-state index < -0.39 is 0 Å². The number of hydrogen-bond donors (Lipinski definition) is 0. The van der Waals surface area contributed by atoms with E-state index >= 15 is 0 Å². The fourth-order valence-electron chi connectivity index (χ4n) is 1.03. The first-order valence-electron chi connectivity index (χ1n) is 3.97. The predicted molar refractivity (Wildman–Crippen MR) is 58.4 cm³/mol. The molecule has 0 spiro atoms. The maximum absolute atomic E-state index is 5.10. The Morgan fingerprint density at radius 1 is 1.46 bits per heavy atom. The Morgan fingerprint density at radius 3 is 2.77 bits per heavy atom. The molecule has 0 aromatic heterocycles. The molecule has 1 aromatic rings. The molecule has 0 radical (unpaired) electrons. The Hall–Kier alpha value is -0.940. The number of hydrogen-bond acceptors (Lipinski definition) is 1. The van der Waals surface area contributed by atoms with Crippen LogP contribution < -0.4 is 4.74 Å². The second-order valence-corrected chi connectivity index (χ2v) is 3.18. The van der Waals surface area contributed by atoms with Crippen molar-refractivity contribution in [2.45, 2.75) is 6.92 Å². The van der Waals surface area contributed by atoms with Crippen molar-refractivity contribution < 1.29 is 4.74 Å². The van der Waals surface area contributed by atoms with Gasteiger partial charge in [-0.25, -0.2) is 0 Å². The average Bonchev–Trinajstić information content (AvgIpc) is 2.16. The van der Waals surface area contributed by atoms with Gasteiger partial charge in [0.1, 0.15) is 5.75 Å². The molecule has 0 aliphatic carbocycles. The Morgan fingerprint density at radius 2 is 2.23 bits per heavy atom. The SMILES string of the molecule is COc1ccc(C#CCBr)c(C)c1. The Kier molecular flexibility index (Phi) is 3.85. The maximum Gasteiger partial charge on any atom is 0.119 e. The summed E-state index contributed by atoms with van der Waals surface area (Å²) in [5.74, 6) is 6.91. The highest BCUT2D eigenvalue weighted by molar-refractivity contribution is 9.09. The third-order valence-electron chi connectivity index (χ3n) is 1.72. The zero-order valence-corrected chi connectivity index (χ0v) is 9.31. The van der Waals surface area contributed by atoms with Crippen molar-refractivity contribution >= 4 is 15.9 Å². The minimum Gasteiger partial charge on any atom is -0.497 e. The average molecular weight is 239 g/mol. The van der Waals surface area contributed by atoms with Crippen molar-refractivity contribution in [3.8, 4) is 17.6 Å². The highest BCUT2D eigenvalue weighted by Gasteiger charge is 1.96. The number of alkyl halides is 1. The topological polar surface area (TPSA) is 9.23 Å². The molecule has 0 aliphatic rings. The van der Waals surface area contributed by atoms with Crippen molar-refractivity contribution in [3.63, 3.8) is 0 Å². The van der Waals surface area contributed by atoms with E-state index in [1.54, 1.807) is 7.11 Å². The standard InChI is InChI=1S/C11H11BrO/c1-9-8-11(13-2)6-5-10(9)4-3-7-12/h5-6,8H,7H2,1-2H3. The van der Waals surface area contributed by atoms with Gasteiger partial charge in [-0.05, 0) is 30.7 Å². The minimum atomic E-state index is 0.707. The van der Waals surface area contributed by atoms with Crippen molar-refractivity contribution in [1.82, 2.24) is 0 Å². The van der Waals surface area contributed by atoms with Crippen LogP contribution in [0.25, 0.3) is 0 Å².